The maximum atomic E-state index is 13.6. The molecule has 6 heteroatoms. The molecule has 1 unspecified atom stereocenters. The first kappa shape index (κ1) is 20.8. The molecule has 3 rings (SSSR count). The highest BCUT2D eigenvalue weighted by Crippen LogP contribution is 2.52. The number of hydrogen-bond acceptors (Lipinski definition) is 4. The topological polar surface area (TPSA) is 56.8 Å². The molecular formula is C22H30NO4P. The van der Waals surface area contributed by atoms with Crippen molar-refractivity contribution >= 4 is 7.75 Å². The van der Waals surface area contributed by atoms with Gasteiger partial charge in [0.15, 0.2) is 0 Å². The van der Waals surface area contributed by atoms with Crippen LogP contribution in [0.1, 0.15) is 51.3 Å². The Kier molecular flexibility index (Phi) is 5.28. The summed E-state index contributed by atoms with van der Waals surface area (Å²) >= 11 is 0. The van der Waals surface area contributed by atoms with E-state index in [4.69, 9.17) is 13.8 Å². The predicted molar refractivity (Wildman–Crippen MR) is 113 cm³/mol. The van der Waals surface area contributed by atoms with Crippen LogP contribution < -0.4 is 18.9 Å². The Hall–Kier alpha value is -1.97. The van der Waals surface area contributed by atoms with Gasteiger partial charge in [-0.3, -0.25) is 0 Å². The SMILES string of the molecule is COc1ccc(OP2(=O)NCC(C)(C)c3cc(C)ccc3O2)c(C(C)(C)C)c1. The average molecular weight is 403 g/mol. The van der Waals surface area contributed by atoms with Crippen LogP contribution in [0.3, 0.4) is 0 Å². The monoisotopic (exact) mass is 403 g/mol. The third-order valence-electron chi connectivity index (χ3n) is 5.01. The number of methoxy groups -OCH3 is 1. The van der Waals surface area contributed by atoms with Crippen LogP contribution in [0.4, 0.5) is 0 Å². The van der Waals surface area contributed by atoms with Gasteiger partial charge in [-0.15, -0.1) is 0 Å². The van der Waals surface area contributed by atoms with E-state index in [1.807, 2.05) is 25.1 Å². The van der Waals surface area contributed by atoms with E-state index < -0.39 is 7.75 Å². The largest absolute Gasteiger partial charge is 0.512 e. The lowest BCUT2D eigenvalue weighted by molar-refractivity contribution is 0.367. The number of aryl methyl sites for hydroxylation is 1. The highest BCUT2D eigenvalue weighted by molar-refractivity contribution is 7.52. The van der Waals surface area contributed by atoms with Gasteiger partial charge in [0.1, 0.15) is 17.2 Å². The minimum atomic E-state index is -3.62. The molecule has 0 bridgehead atoms. The second kappa shape index (κ2) is 7.13. The van der Waals surface area contributed by atoms with Crippen molar-refractivity contribution in [1.82, 2.24) is 5.09 Å². The minimum Gasteiger partial charge on any atom is -0.497 e. The first-order valence-electron chi connectivity index (χ1n) is 9.48. The summed E-state index contributed by atoms with van der Waals surface area (Å²) in [6, 6.07) is 11.4. The molecule has 0 fully saturated rings. The molecule has 0 radical (unpaired) electrons. The Morgan fingerprint density at radius 2 is 1.86 bits per heavy atom. The molecule has 1 aliphatic heterocycles. The molecule has 0 amide bonds. The Labute approximate surface area is 168 Å². The second-order valence-electron chi connectivity index (χ2n) is 9.01. The van der Waals surface area contributed by atoms with Gasteiger partial charge in [-0.1, -0.05) is 52.3 Å². The summed E-state index contributed by atoms with van der Waals surface area (Å²) in [7, 11) is -1.99. The molecule has 0 aromatic heterocycles. The molecule has 152 valence electrons. The molecule has 0 saturated heterocycles. The Morgan fingerprint density at radius 3 is 2.50 bits per heavy atom. The van der Waals surface area contributed by atoms with Crippen molar-refractivity contribution in [2.75, 3.05) is 13.7 Å². The second-order valence-corrected chi connectivity index (χ2v) is 10.7. The zero-order valence-electron chi connectivity index (χ0n) is 17.8. The van der Waals surface area contributed by atoms with E-state index in [-0.39, 0.29) is 10.8 Å². The third kappa shape index (κ3) is 4.21. The van der Waals surface area contributed by atoms with Gasteiger partial charge in [0.25, 0.3) is 0 Å². The van der Waals surface area contributed by atoms with Crippen molar-refractivity contribution in [3.8, 4) is 17.2 Å². The predicted octanol–water partition coefficient (Wildman–Crippen LogP) is 5.75. The molecule has 28 heavy (non-hydrogen) atoms. The number of rotatable bonds is 3. The fraction of sp³-hybridized carbons (Fsp3) is 0.455. The normalized spacial score (nSPS) is 21.2. The van der Waals surface area contributed by atoms with E-state index in [1.165, 1.54) is 0 Å². The summed E-state index contributed by atoms with van der Waals surface area (Å²) in [5, 5.41) is 3.05. The maximum Gasteiger partial charge on any atom is 0.512 e. The Bertz CT molecular complexity index is 931. The van der Waals surface area contributed by atoms with Crippen LogP contribution in [-0.4, -0.2) is 13.7 Å². The van der Waals surface area contributed by atoms with E-state index in [0.717, 1.165) is 22.4 Å². The average Bonchev–Trinajstić information content (AvgIpc) is 2.70. The molecule has 1 heterocycles. The van der Waals surface area contributed by atoms with Crippen molar-refractivity contribution in [3.63, 3.8) is 0 Å². The zero-order valence-corrected chi connectivity index (χ0v) is 18.6. The van der Waals surface area contributed by atoms with Crippen molar-refractivity contribution < 1.29 is 18.3 Å². The molecule has 1 N–H and O–H groups in total. The van der Waals surface area contributed by atoms with Gasteiger partial charge in [-0.05, 0) is 36.6 Å². The van der Waals surface area contributed by atoms with Crippen LogP contribution in [0.5, 0.6) is 17.2 Å². The van der Waals surface area contributed by atoms with Gasteiger partial charge < -0.3 is 13.8 Å². The van der Waals surface area contributed by atoms with E-state index in [1.54, 1.807) is 19.2 Å². The summed E-state index contributed by atoms with van der Waals surface area (Å²) in [4.78, 5) is 0. The summed E-state index contributed by atoms with van der Waals surface area (Å²) in [5.41, 5.74) is 2.60. The summed E-state index contributed by atoms with van der Waals surface area (Å²) in [6.07, 6.45) is 0. The number of nitrogens with one attached hydrogen (secondary N) is 1. The smallest absolute Gasteiger partial charge is 0.497 e. The fourth-order valence-electron chi connectivity index (χ4n) is 3.29. The first-order valence-corrected chi connectivity index (χ1v) is 11.0. The molecule has 2 aromatic rings. The first-order chi connectivity index (χ1) is 12.9. The molecule has 2 aromatic carbocycles. The van der Waals surface area contributed by atoms with Crippen LogP contribution >= 0.6 is 7.75 Å². The van der Waals surface area contributed by atoms with Crippen molar-refractivity contribution in [1.29, 1.82) is 0 Å². The van der Waals surface area contributed by atoms with E-state index in [0.29, 0.717) is 18.0 Å². The van der Waals surface area contributed by atoms with Crippen LogP contribution in [-0.2, 0) is 15.4 Å². The van der Waals surface area contributed by atoms with Gasteiger partial charge >= 0.3 is 7.75 Å². The lowest BCUT2D eigenvalue weighted by atomic mass is 9.83. The van der Waals surface area contributed by atoms with E-state index >= 15 is 0 Å². The van der Waals surface area contributed by atoms with Crippen molar-refractivity contribution in [2.24, 2.45) is 0 Å². The summed E-state index contributed by atoms with van der Waals surface area (Å²) in [5.74, 6) is 1.85. The molecule has 1 aliphatic rings. The number of benzene rings is 2. The summed E-state index contributed by atoms with van der Waals surface area (Å²) in [6.45, 7) is 12.9. The molecule has 5 nitrogen and oxygen atoms in total. The van der Waals surface area contributed by atoms with Gasteiger partial charge in [0, 0.05) is 23.1 Å². The number of hydrogen-bond donors (Lipinski definition) is 1. The van der Waals surface area contributed by atoms with Gasteiger partial charge in [-0.25, -0.2) is 9.65 Å². The lowest BCUT2D eigenvalue weighted by Crippen LogP contribution is -2.30. The van der Waals surface area contributed by atoms with E-state index in [9.17, 15) is 4.57 Å². The number of ether oxygens (including phenoxy) is 1. The highest BCUT2D eigenvalue weighted by Gasteiger charge is 2.39. The quantitative estimate of drug-likeness (QED) is 0.662. The van der Waals surface area contributed by atoms with Crippen LogP contribution in [0, 0.1) is 6.92 Å². The van der Waals surface area contributed by atoms with E-state index in [2.05, 4.69) is 45.8 Å². The van der Waals surface area contributed by atoms with Crippen LogP contribution in [0.15, 0.2) is 36.4 Å². The lowest BCUT2D eigenvalue weighted by Gasteiger charge is -2.26. The Morgan fingerprint density at radius 1 is 1.14 bits per heavy atom. The molecule has 0 aliphatic carbocycles. The molecule has 0 spiro atoms. The van der Waals surface area contributed by atoms with Crippen molar-refractivity contribution in [3.05, 3.63) is 53.1 Å². The molecular weight excluding hydrogens is 373 g/mol. The third-order valence-corrected chi connectivity index (χ3v) is 6.43. The fourth-order valence-corrected chi connectivity index (χ4v) is 4.88. The maximum absolute atomic E-state index is 13.6. The standard InChI is InChI=1S/C22H30NO4P/c1-15-8-10-20-18(12-15)22(5,6)14-23-28(24,27-20)26-19-11-9-16(25-7)13-17(19)21(2,3)4/h8-13H,14H2,1-7H3,(H,23,24). The van der Waals surface area contributed by atoms with Gasteiger partial charge in [-0.2, -0.15) is 0 Å². The van der Waals surface area contributed by atoms with Gasteiger partial charge in [0.2, 0.25) is 0 Å². The van der Waals surface area contributed by atoms with Crippen LogP contribution in [0.25, 0.3) is 0 Å². The Balaban J connectivity index is 2.01. The minimum absolute atomic E-state index is 0.219. The van der Waals surface area contributed by atoms with Crippen molar-refractivity contribution in [2.45, 2.75) is 52.4 Å². The summed E-state index contributed by atoms with van der Waals surface area (Å²) < 4.78 is 30.9. The molecule has 1 atom stereocenters. The van der Waals surface area contributed by atoms with Crippen LogP contribution in [0.2, 0.25) is 0 Å². The van der Waals surface area contributed by atoms with Gasteiger partial charge in [0.05, 0.1) is 7.11 Å². The highest BCUT2D eigenvalue weighted by atomic mass is 31.2. The number of fused-ring (bicyclic) bond motifs is 1. The zero-order chi connectivity index (χ0) is 20.7. The molecule has 0 saturated carbocycles.